The Labute approximate surface area is 83.7 Å². The second-order valence-electron chi connectivity index (χ2n) is 3.58. The van der Waals surface area contributed by atoms with E-state index in [-0.39, 0.29) is 0 Å². The highest BCUT2D eigenvalue weighted by atomic mass is 16.5. The van der Waals surface area contributed by atoms with Crippen LogP contribution in [0.2, 0.25) is 0 Å². The van der Waals surface area contributed by atoms with Crippen molar-refractivity contribution in [3.63, 3.8) is 0 Å². The molecule has 0 radical (unpaired) electrons. The molecule has 1 aliphatic rings. The van der Waals surface area contributed by atoms with Gasteiger partial charge < -0.3 is 15.4 Å². The molecule has 0 amide bonds. The summed E-state index contributed by atoms with van der Waals surface area (Å²) in [6.45, 7) is 1.92. The third-order valence-corrected chi connectivity index (χ3v) is 2.52. The number of hydrogen-bond acceptors (Lipinski definition) is 4. The van der Waals surface area contributed by atoms with Crippen molar-refractivity contribution >= 4 is 5.69 Å². The molecule has 1 fully saturated rings. The Bertz CT molecular complexity index is 316. The minimum atomic E-state index is 0.293. The second kappa shape index (κ2) is 3.84. The van der Waals surface area contributed by atoms with Crippen LogP contribution in [0.15, 0.2) is 18.5 Å². The molecule has 2 heterocycles. The van der Waals surface area contributed by atoms with Crippen LogP contribution in [0.25, 0.3) is 0 Å². The maximum atomic E-state index is 5.84. The fourth-order valence-electron chi connectivity index (χ4n) is 1.71. The molecule has 1 atom stereocenters. The number of ether oxygens (including phenoxy) is 1. The lowest BCUT2D eigenvalue weighted by molar-refractivity contribution is 0.413. The first-order chi connectivity index (χ1) is 6.79. The topological polar surface area (TPSA) is 51.4 Å². The van der Waals surface area contributed by atoms with E-state index in [0.717, 1.165) is 30.9 Å². The maximum Gasteiger partial charge on any atom is 0.139 e. The molecular weight excluding hydrogens is 178 g/mol. The van der Waals surface area contributed by atoms with Gasteiger partial charge in [0.05, 0.1) is 25.2 Å². The highest BCUT2D eigenvalue weighted by Gasteiger charge is 2.19. The van der Waals surface area contributed by atoms with Gasteiger partial charge in [0.2, 0.25) is 0 Å². The van der Waals surface area contributed by atoms with E-state index >= 15 is 0 Å². The number of anilines is 1. The third kappa shape index (κ3) is 1.80. The Kier molecular flexibility index (Phi) is 2.54. The van der Waals surface area contributed by atoms with Crippen molar-refractivity contribution in [3.8, 4) is 5.75 Å². The van der Waals surface area contributed by atoms with E-state index in [1.54, 1.807) is 13.3 Å². The number of hydrogen-bond donors (Lipinski definition) is 1. The quantitative estimate of drug-likeness (QED) is 0.748. The molecule has 2 N–H and O–H groups in total. The summed E-state index contributed by atoms with van der Waals surface area (Å²) < 4.78 is 5.12. The van der Waals surface area contributed by atoms with Gasteiger partial charge in [0, 0.05) is 25.2 Å². The number of nitrogens with zero attached hydrogens (tertiary/aromatic N) is 2. The van der Waals surface area contributed by atoms with Crippen LogP contribution < -0.4 is 15.4 Å². The van der Waals surface area contributed by atoms with Crippen LogP contribution in [0.4, 0.5) is 5.69 Å². The van der Waals surface area contributed by atoms with Gasteiger partial charge in [-0.05, 0) is 6.42 Å². The molecule has 1 aromatic rings. The standard InChI is InChI=1S/C10H15N3O/c1-14-10-4-9(5-12-6-10)13-3-2-8(11)7-13/h4-6,8H,2-3,7,11H2,1H3. The summed E-state index contributed by atoms with van der Waals surface area (Å²) in [5.74, 6) is 0.794. The average Bonchev–Trinajstić information content (AvgIpc) is 2.65. The predicted octanol–water partition coefficient (Wildman–Crippen LogP) is 0.628. The van der Waals surface area contributed by atoms with Crippen LogP contribution >= 0.6 is 0 Å². The summed E-state index contributed by atoms with van der Waals surface area (Å²) >= 11 is 0. The fourth-order valence-corrected chi connectivity index (χ4v) is 1.71. The number of nitrogens with two attached hydrogens (primary N) is 1. The zero-order valence-electron chi connectivity index (χ0n) is 8.31. The van der Waals surface area contributed by atoms with E-state index in [1.807, 2.05) is 12.3 Å². The van der Waals surface area contributed by atoms with E-state index in [0.29, 0.717) is 6.04 Å². The molecule has 1 saturated heterocycles. The molecule has 4 heteroatoms. The molecule has 1 aliphatic heterocycles. The number of methoxy groups -OCH3 is 1. The van der Waals surface area contributed by atoms with Crippen molar-refractivity contribution in [2.24, 2.45) is 5.73 Å². The van der Waals surface area contributed by atoms with Crippen LogP contribution in [0.3, 0.4) is 0 Å². The van der Waals surface area contributed by atoms with Gasteiger partial charge in [-0.3, -0.25) is 4.98 Å². The zero-order chi connectivity index (χ0) is 9.97. The Morgan fingerprint density at radius 3 is 3.07 bits per heavy atom. The summed E-state index contributed by atoms with van der Waals surface area (Å²) in [4.78, 5) is 6.35. The second-order valence-corrected chi connectivity index (χ2v) is 3.58. The molecule has 4 nitrogen and oxygen atoms in total. The van der Waals surface area contributed by atoms with Crippen molar-refractivity contribution in [1.29, 1.82) is 0 Å². The Balaban J connectivity index is 2.15. The zero-order valence-corrected chi connectivity index (χ0v) is 8.31. The largest absolute Gasteiger partial charge is 0.495 e. The monoisotopic (exact) mass is 193 g/mol. The summed E-state index contributed by atoms with van der Waals surface area (Å²) in [6.07, 6.45) is 4.61. The van der Waals surface area contributed by atoms with Crippen LogP contribution in [-0.2, 0) is 0 Å². The van der Waals surface area contributed by atoms with Crippen molar-refractivity contribution < 1.29 is 4.74 Å². The summed E-state index contributed by atoms with van der Waals surface area (Å²) in [5, 5.41) is 0. The van der Waals surface area contributed by atoms with Gasteiger partial charge in [0.25, 0.3) is 0 Å². The van der Waals surface area contributed by atoms with Gasteiger partial charge in [-0.15, -0.1) is 0 Å². The van der Waals surface area contributed by atoms with Crippen molar-refractivity contribution in [2.75, 3.05) is 25.1 Å². The normalized spacial score (nSPS) is 21.3. The maximum absolute atomic E-state index is 5.84. The lowest BCUT2D eigenvalue weighted by atomic mass is 10.3. The summed E-state index contributed by atoms with van der Waals surface area (Å²) in [6, 6.07) is 2.28. The highest BCUT2D eigenvalue weighted by molar-refractivity contribution is 5.49. The SMILES string of the molecule is COc1cncc(N2CCC(N)C2)c1. The smallest absolute Gasteiger partial charge is 0.139 e. The molecular formula is C10H15N3O. The summed E-state index contributed by atoms with van der Waals surface area (Å²) in [7, 11) is 1.65. The first kappa shape index (κ1) is 9.27. The Morgan fingerprint density at radius 1 is 1.57 bits per heavy atom. The molecule has 0 aliphatic carbocycles. The van der Waals surface area contributed by atoms with E-state index in [9.17, 15) is 0 Å². The minimum absolute atomic E-state index is 0.293. The van der Waals surface area contributed by atoms with E-state index in [2.05, 4.69) is 9.88 Å². The average molecular weight is 193 g/mol. The van der Waals surface area contributed by atoms with Crippen LogP contribution in [-0.4, -0.2) is 31.2 Å². The van der Waals surface area contributed by atoms with Gasteiger partial charge >= 0.3 is 0 Å². The third-order valence-electron chi connectivity index (χ3n) is 2.52. The first-order valence-corrected chi connectivity index (χ1v) is 4.79. The van der Waals surface area contributed by atoms with Gasteiger partial charge in [-0.2, -0.15) is 0 Å². The molecule has 2 rings (SSSR count). The van der Waals surface area contributed by atoms with E-state index in [4.69, 9.17) is 10.5 Å². The van der Waals surface area contributed by atoms with Crippen LogP contribution in [0.5, 0.6) is 5.75 Å². The lowest BCUT2D eigenvalue weighted by Crippen LogP contribution is -2.26. The van der Waals surface area contributed by atoms with Gasteiger partial charge in [0.15, 0.2) is 0 Å². The van der Waals surface area contributed by atoms with Gasteiger partial charge in [-0.1, -0.05) is 0 Å². The molecule has 14 heavy (non-hydrogen) atoms. The van der Waals surface area contributed by atoms with E-state index < -0.39 is 0 Å². The predicted molar refractivity (Wildman–Crippen MR) is 55.6 cm³/mol. The molecule has 76 valence electrons. The fraction of sp³-hybridized carbons (Fsp3) is 0.500. The first-order valence-electron chi connectivity index (χ1n) is 4.79. The molecule has 0 bridgehead atoms. The van der Waals surface area contributed by atoms with Crippen LogP contribution in [0.1, 0.15) is 6.42 Å². The van der Waals surface area contributed by atoms with Crippen molar-refractivity contribution in [1.82, 2.24) is 4.98 Å². The van der Waals surface area contributed by atoms with Crippen molar-refractivity contribution in [2.45, 2.75) is 12.5 Å². The van der Waals surface area contributed by atoms with Crippen LogP contribution in [0, 0.1) is 0 Å². The molecule has 1 unspecified atom stereocenters. The molecule has 0 aromatic carbocycles. The van der Waals surface area contributed by atoms with E-state index in [1.165, 1.54) is 0 Å². The minimum Gasteiger partial charge on any atom is -0.495 e. The molecule has 0 saturated carbocycles. The molecule has 0 spiro atoms. The Hall–Kier alpha value is -1.29. The lowest BCUT2D eigenvalue weighted by Gasteiger charge is -2.17. The van der Waals surface area contributed by atoms with Crippen molar-refractivity contribution in [3.05, 3.63) is 18.5 Å². The summed E-state index contributed by atoms with van der Waals surface area (Å²) in [5.41, 5.74) is 6.93. The number of pyridine rings is 1. The highest BCUT2D eigenvalue weighted by Crippen LogP contribution is 2.22. The number of aromatic nitrogens is 1. The van der Waals surface area contributed by atoms with Gasteiger partial charge in [-0.25, -0.2) is 0 Å². The molecule has 1 aromatic heterocycles. The van der Waals surface area contributed by atoms with Gasteiger partial charge in [0.1, 0.15) is 5.75 Å². The Morgan fingerprint density at radius 2 is 2.43 bits per heavy atom. The number of rotatable bonds is 2.